The van der Waals surface area contributed by atoms with Crippen LogP contribution in [0.25, 0.3) is 0 Å². The maximum atomic E-state index is 5.66. The standard InChI is InChI=1S/C8H8N4S2/c9-7-11-3-1-5-4(2-6(3)14-7)12-8(10)13-5/h1-2H2,(H2,9,11)(H2,10,12). The predicted molar refractivity (Wildman–Crippen MR) is 58.7 cm³/mol. The Morgan fingerprint density at radius 2 is 1.29 bits per heavy atom. The zero-order valence-corrected chi connectivity index (χ0v) is 8.91. The van der Waals surface area contributed by atoms with Crippen molar-refractivity contribution < 1.29 is 0 Å². The molecule has 0 saturated carbocycles. The highest BCUT2D eigenvalue weighted by atomic mass is 32.1. The lowest BCUT2D eigenvalue weighted by Crippen LogP contribution is -2.03. The van der Waals surface area contributed by atoms with Crippen LogP contribution in [-0.4, -0.2) is 9.97 Å². The molecule has 0 aromatic carbocycles. The number of anilines is 2. The molecule has 0 aliphatic heterocycles. The van der Waals surface area contributed by atoms with E-state index in [0.29, 0.717) is 10.3 Å². The number of hydrogen-bond acceptors (Lipinski definition) is 6. The first-order chi connectivity index (χ1) is 6.72. The monoisotopic (exact) mass is 224 g/mol. The number of nitrogens with two attached hydrogens (primary N) is 2. The summed E-state index contributed by atoms with van der Waals surface area (Å²) >= 11 is 3.11. The van der Waals surface area contributed by atoms with E-state index < -0.39 is 0 Å². The Hall–Kier alpha value is -1.14. The number of fused-ring (bicyclic) bond motifs is 2. The van der Waals surface area contributed by atoms with Gasteiger partial charge in [0.25, 0.3) is 0 Å². The van der Waals surface area contributed by atoms with E-state index in [2.05, 4.69) is 9.97 Å². The van der Waals surface area contributed by atoms with Crippen molar-refractivity contribution in [2.24, 2.45) is 0 Å². The van der Waals surface area contributed by atoms with Crippen LogP contribution in [0.5, 0.6) is 0 Å². The molecule has 6 heteroatoms. The Balaban J connectivity index is 2.10. The van der Waals surface area contributed by atoms with Crippen molar-refractivity contribution >= 4 is 32.9 Å². The van der Waals surface area contributed by atoms with E-state index >= 15 is 0 Å². The molecule has 0 bridgehead atoms. The lowest BCUT2D eigenvalue weighted by Gasteiger charge is -2.07. The van der Waals surface area contributed by atoms with Crippen molar-refractivity contribution in [3.05, 3.63) is 21.1 Å². The third-order valence-corrected chi connectivity index (χ3v) is 4.10. The first-order valence-electron chi connectivity index (χ1n) is 4.20. The quantitative estimate of drug-likeness (QED) is 0.602. The van der Waals surface area contributed by atoms with Gasteiger partial charge in [-0.1, -0.05) is 0 Å². The van der Waals surface area contributed by atoms with Gasteiger partial charge in [0.05, 0.1) is 11.4 Å². The van der Waals surface area contributed by atoms with Crippen molar-refractivity contribution in [2.75, 3.05) is 11.5 Å². The second kappa shape index (κ2) is 2.68. The van der Waals surface area contributed by atoms with Gasteiger partial charge >= 0.3 is 0 Å². The molecule has 0 spiro atoms. The van der Waals surface area contributed by atoms with E-state index in [1.807, 2.05) is 0 Å². The van der Waals surface area contributed by atoms with E-state index in [1.165, 1.54) is 9.75 Å². The van der Waals surface area contributed by atoms with E-state index in [-0.39, 0.29) is 0 Å². The normalized spacial score (nSPS) is 13.7. The van der Waals surface area contributed by atoms with Crippen LogP contribution < -0.4 is 11.5 Å². The van der Waals surface area contributed by atoms with E-state index in [1.54, 1.807) is 22.7 Å². The predicted octanol–water partition coefficient (Wildman–Crippen LogP) is 1.26. The highest BCUT2D eigenvalue weighted by molar-refractivity contribution is 7.16. The minimum absolute atomic E-state index is 0.651. The second-order valence-electron chi connectivity index (χ2n) is 3.20. The van der Waals surface area contributed by atoms with E-state index in [0.717, 1.165) is 24.2 Å². The average molecular weight is 224 g/mol. The SMILES string of the molecule is Nc1nc2c(s1)Cc1nc(N)sc1C2. The van der Waals surface area contributed by atoms with Gasteiger partial charge in [-0.25, -0.2) is 9.97 Å². The van der Waals surface area contributed by atoms with Gasteiger partial charge in [-0.3, -0.25) is 0 Å². The van der Waals surface area contributed by atoms with Crippen LogP contribution in [0.4, 0.5) is 10.3 Å². The number of thiazole rings is 2. The van der Waals surface area contributed by atoms with Crippen molar-refractivity contribution in [2.45, 2.75) is 12.8 Å². The molecule has 0 saturated heterocycles. The Morgan fingerprint density at radius 3 is 1.71 bits per heavy atom. The highest BCUT2D eigenvalue weighted by Crippen LogP contribution is 2.34. The number of aromatic nitrogens is 2. The molecular weight excluding hydrogens is 216 g/mol. The molecule has 1 aliphatic carbocycles. The largest absolute Gasteiger partial charge is 0.375 e. The van der Waals surface area contributed by atoms with Gasteiger partial charge in [0, 0.05) is 22.6 Å². The van der Waals surface area contributed by atoms with Gasteiger partial charge in [-0.2, -0.15) is 0 Å². The van der Waals surface area contributed by atoms with Gasteiger partial charge in [0.2, 0.25) is 0 Å². The van der Waals surface area contributed by atoms with Crippen LogP contribution >= 0.6 is 22.7 Å². The fourth-order valence-electron chi connectivity index (χ4n) is 1.66. The Bertz CT molecular complexity index is 414. The molecule has 0 amide bonds. The summed E-state index contributed by atoms with van der Waals surface area (Å²) in [4.78, 5) is 11.1. The molecule has 0 unspecified atom stereocenters. The van der Waals surface area contributed by atoms with Gasteiger partial charge in [-0.15, -0.1) is 22.7 Å². The molecule has 0 radical (unpaired) electrons. The summed E-state index contributed by atoms with van der Waals surface area (Å²) in [5.74, 6) is 0. The van der Waals surface area contributed by atoms with Gasteiger partial charge in [-0.05, 0) is 0 Å². The molecule has 2 aromatic heterocycles. The van der Waals surface area contributed by atoms with Crippen molar-refractivity contribution in [1.29, 1.82) is 0 Å². The van der Waals surface area contributed by atoms with Crippen LogP contribution in [-0.2, 0) is 12.8 Å². The third kappa shape index (κ3) is 1.11. The zero-order chi connectivity index (χ0) is 9.71. The summed E-state index contributed by atoms with van der Waals surface area (Å²) in [6.45, 7) is 0. The van der Waals surface area contributed by atoms with Crippen LogP contribution in [0.3, 0.4) is 0 Å². The molecule has 2 aromatic rings. The minimum Gasteiger partial charge on any atom is -0.375 e. The molecule has 72 valence electrons. The molecule has 0 atom stereocenters. The third-order valence-electron chi connectivity index (χ3n) is 2.25. The van der Waals surface area contributed by atoms with Crippen molar-refractivity contribution in [3.63, 3.8) is 0 Å². The van der Waals surface area contributed by atoms with Crippen LogP contribution in [0, 0.1) is 0 Å². The Labute approximate surface area is 88.6 Å². The fraction of sp³-hybridized carbons (Fsp3) is 0.250. The van der Waals surface area contributed by atoms with E-state index in [9.17, 15) is 0 Å². The molecule has 14 heavy (non-hydrogen) atoms. The molecule has 4 N–H and O–H groups in total. The number of rotatable bonds is 0. The molecule has 3 rings (SSSR count). The Kier molecular flexibility index (Phi) is 1.57. The van der Waals surface area contributed by atoms with Crippen LogP contribution in [0.15, 0.2) is 0 Å². The summed E-state index contributed by atoms with van der Waals surface area (Å²) in [7, 11) is 0. The molecular formula is C8H8N4S2. The highest BCUT2D eigenvalue weighted by Gasteiger charge is 2.22. The van der Waals surface area contributed by atoms with E-state index in [4.69, 9.17) is 11.5 Å². The minimum atomic E-state index is 0.651. The van der Waals surface area contributed by atoms with Gasteiger partial charge in [0.1, 0.15) is 0 Å². The number of nitrogen functional groups attached to an aromatic ring is 2. The van der Waals surface area contributed by atoms with Crippen molar-refractivity contribution in [3.8, 4) is 0 Å². The summed E-state index contributed by atoms with van der Waals surface area (Å²) in [5, 5.41) is 1.30. The summed E-state index contributed by atoms with van der Waals surface area (Å²) < 4.78 is 0. The molecule has 4 nitrogen and oxygen atoms in total. The lowest BCUT2D eigenvalue weighted by molar-refractivity contribution is 0.971. The maximum absolute atomic E-state index is 5.66. The summed E-state index contributed by atoms with van der Waals surface area (Å²) in [6.07, 6.45) is 1.68. The summed E-state index contributed by atoms with van der Waals surface area (Å²) in [5.41, 5.74) is 13.5. The smallest absolute Gasteiger partial charge is 0.180 e. The topological polar surface area (TPSA) is 77.8 Å². The average Bonchev–Trinajstić information content (AvgIpc) is 2.59. The van der Waals surface area contributed by atoms with Crippen LogP contribution in [0.1, 0.15) is 21.1 Å². The lowest BCUT2D eigenvalue weighted by atomic mass is 10.1. The van der Waals surface area contributed by atoms with Gasteiger partial charge in [0.15, 0.2) is 10.3 Å². The molecule has 1 aliphatic rings. The molecule has 2 heterocycles. The van der Waals surface area contributed by atoms with Gasteiger partial charge < -0.3 is 11.5 Å². The summed E-state index contributed by atoms with van der Waals surface area (Å²) in [6, 6.07) is 0. The first-order valence-corrected chi connectivity index (χ1v) is 5.84. The number of hydrogen-bond donors (Lipinski definition) is 2. The molecule has 0 fully saturated rings. The van der Waals surface area contributed by atoms with Crippen molar-refractivity contribution in [1.82, 2.24) is 9.97 Å². The second-order valence-corrected chi connectivity index (χ2v) is 5.43. The number of nitrogens with zero attached hydrogens (tertiary/aromatic N) is 2. The first kappa shape index (κ1) is 8.19. The fourth-order valence-corrected chi connectivity index (χ4v) is 3.37. The zero-order valence-electron chi connectivity index (χ0n) is 7.28. The Morgan fingerprint density at radius 1 is 0.857 bits per heavy atom. The van der Waals surface area contributed by atoms with Crippen LogP contribution in [0.2, 0.25) is 0 Å². The maximum Gasteiger partial charge on any atom is 0.180 e.